The standard InChI is InChI=1S/C20H17FN2O3S/c1-12-2-7-15(26-12)11-22-19(24)18-10-16-17(27-18)8-9-23(16)20(25)13-3-5-14(21)6-4-13/h2-7,10H,8-9,11H2,1H3,(H,22,24). The van der Waals surface area contributed by atoms with Gasteiger partial charge < -0.3 is 14.6 Å². The molecule has 5 nitrogen and oxygen atoms in total. The minimum absolute atomic E-state index is 0.190. The molecule has 0 unspecified atom stereocenters. The van der Waals surface area contributed by atoms with Crippen LogP contribution in [0.15, 0.2) is 46.9 Å². The van der Waals surface area contributed by atoms with Gasteiger partial charge in [-0.15, -0.1) is 11.3 Å². The molecular weight excluding hydrogens is 367 g/mol. The van der Waals surface area contributed by atoms with Crippen molar-refractivity contribution in [2.45, 2.75) is 19.9 Å². The molecule has 0 atom stereocenters. The maximum absolute atomic E-state index is 13.1. The number of thiophene rings is 1. The van der Waals surface area contributed by atoms with E-state index in [1.807, 2.05) is 19.1 Å². The van der Waals surface area contributed by atoms with E-state index in [0.29, 0.717) is 35.7 Å². The van der Waals surface area contributed by atoms with E-state index in [0.717, 1.165) is 16.3 Å². The fourth-order valence-corrected chi connectivity index (χ4v) is 4.13. The van der Waals surface area contributed by atoms with Crippen LogP contribution in [0, 0.1) is 12.7 Å². The molecule has 1 aromatic carbocycles. The summed E-state index contributed by atoms with van der Waals surface area (Å²) in [6.45, 7) is 2.72. The van der Waals surface area contributed by atoms with Gasteiger partial charge in [0, 0.05) is 23.4 Å². The predicted octanol–water partition coefficient (Wildman–Crippen LogP) is 3.92. The lowest BCUT2D eigenvalue weighted by atomic mass is 10.2. The molecule has 3 aromatic rings. The average Bonchev–Trinajstić information content (AvgIpc) is 3.35. The van der Waals surface area contributed by atoms with Crippen LogP contribution in [0.3, 0.4) is 0 Å². The smallest absolute Gasteiger partial charge is 0.261 e. The maximum Gasteiger partial charge on any atom is 0.261 e. The molecule has 27 heavy (non-hydrogen) atoms. The zero-order valence-corrected chi connectivity index (χ0v) is 15.4. The summed E-state index contributed by atoms with van der Waals surface area (Å²) in [7, 11) is 0. The second-order valence-corrected chi connectivity index (χ2v) is 7.46. The van der Waals surface area contributed by atoms with Gasteiger partial charge in [0.05, 0.1) is 17.1 Å². The first-order chi connectivity index (χ1) is 13.0. The molecule has 0 radical (unpaired) electrons. The van der Waals surface area contributed by atoms with E-state index in [4.69, 9.17) is 4.42 Å². The average molecular weight is 384 g/mol. The molecule has 0 fully saturated rings. The van der Waals surface area contributed by atoms with Gasteiger partial charge in [0.2, 0.25) is 0 Å². The number of benzene rings is 1. The summed E-state index contributed by atoms with van der Waals surface area (Å²) in [4.78, 5) is 28.3. The second-order valence-electron chi connectivity index (χ2n) is 6.33. The Labute approximate surface area is 159 Å². The fourth-order valence-electron chi connectivity index (χ4n) is 3.07. The number of amides is 2. The summed E-state index contributed by atoms with van der Waals surface area (Å²) in [6, 6.07) is 10.9. The molecule has 0 bridgehead atoms. The normalized spacial score (nSPS) is 12.9. The van der Waals surface area contributed by atoms with E-state index in [9.17, 15) is 14.0 Å². The highest BCUT2D eigenvalue weighted by Crippen LogP contribution is 2.36. The first-order valence-electron chi connectivity index (χ1n) is 8.55. The Morgan fingerprint density at radius 1 is 1.22 bits per heavy atom. The van der Waals surface area contributed by atoms with Crippen LogP contribution in [0.25, 0.3) is 0 Å². The van der Waals surface area contributed by atoms with Crippen LogP contribution < -0.4 is 10.2 Å². The number of hydrogen-bond donors (Lipinski definition) is 1. The van der Waals surface area contributed by atoms with Gasteiger partial charge in [-0.05, 0) is 49.4 Å². The molecule has 1 aliphatic heterocycles. The quantitative estimate of drug-likeness (QED) is 0.742. The number of carbonyl (C=O) groups is 2. The van der Waals surface area contributed by atoms with Gasteiger partial charge in [0.1, 0.15) is 17.3 Å². The third kappa shape index (κ3) is 3.50. The first kappa shape index (κ1) is 17.5. The minimum atomic E-state index is -0.380. The third-order valence-electron chi connectivity index (χ3n) is 4.42. The number of rotatable bonds is 4. The van der Waals surface area contributed by atoms with Crippen LogP contribution >= 0.6 is 11.3 Å². The van der Waals surface area contributed by atoms with Crippen molar-refractivity contribution in [2.24, 2.45) is 0 Å². The monoisotopic (exact) mass is 384 g/mol. The highest BCUT2D eigenvalue weighted by Gasteiger charge is 2.29. The van der Waals surface area contributed by atoms with Crippen molar-refractivity contribution in [3.8, 4) is 0 Å². The van der Waals surface area contributed by atoms with Crippen LogP contribution in [0.1, 0.15) is 36.4 Å². The van der Waals surface area contributed by atoms with Crippen LogP contribution in [0.2, 0.25) is 0 Å². The predicted molar refractivity (Wildman–Crippen MR) is 101 cm³/mol. The van der Waals surface area contributed by atoms with Gasteiger partial charge >= 0.3 is 0 Å². The van der Waals surface area contributed by atoms with Gasteiger partial charge in [-0.25, -0.2) is 4.39 Å². The Bertz CT molecular complexity index is 1010. The summed E-state index contributed by atoms with van der Waals surface area (Å²) >= 11 is 1.39. The van der Waals surface area contributed by atoms with Crippen LogP contribution in [-0.4, -0.2) is 18.4 Å². The lowest BCUT2D eigenvalue weighted by Crippen LogP contribution is -2.29. The number of nitrogens with zero attached hydrogens (tertiary/aromatic N) is 1. The molecule has 138 valence electrons. The Morgan fingerprint density at radius 3 is 2.70 bits per heavy atom. The van der Waals surface area contributed by atoms with E-state index in [-0.39, 0.29) is 17.6 Å². The Morgan fingerprint density at radius 2 is 2.00 bits per heavy atom. The summed E-state index contributed by atoms with van der Waals surface area (Å²) in [5, 5.41) is 2.83. The lowest BCUT2D eigenvalue weighted by Gasteiger charge is -2.16. The van der Waals surface area contributed by atoms with Crippen LogP contribution in [0.5, 0.6) is 0 Å². The molecule has 3 heterocycles. The fraction of sp³-hybridized carbons (Fsp3) is 0.200. The molecule has 1 N–H and O–H groups in total. The summed E-state index contributed by atoms with van der Waals surface area (Å²) in [5.74, 6) is 0.722. The zero-order valence-electron chi connectivity index (χ0n) is 14.6. The van der Waals surface area contributed by atoms with E-state index < -0.39 is 0 Å². The van der Waals surface area contributed by atoms with E-state index in [2.05, 4.69) is 5.32 Å². The highest BCUT2D eigenvalue weighted by molar-refractivity contribution is 7.14. The molecular formula is C20H17FN2O3S. The molecule has 2 amide bonds. The Kier molecular flexibility index (Phi) is 4.53. The SMILES string of the molecule is Cc1ccc(CNC(=O)c2cc3c(s2)CCN3C(=O)c2ccc(F)cc2)o1. The van der Waals surface area contributed by atoms with E-state index in [1.54, 1.807) is 11.0 Å². The molecule has 7 heteroatoms. The van der Waals surface area contributed by atoms with Crippen LogP contribution in [-0.2, 0) is 13.0 Å². The van der Waals surface area contributed by atoms with Gasteiger partial charge in [0.25, 0.3) is 11.8 Å². The van der Waals surface area contributed by atoms with Gasteiger partial charge in [-0.3, -0.25) is 9.59 Å². The van der Waals surface area contributed by atoms with Crippen molar-refractivity contribution < 1.29 is 18.4 Å². The number of halogens is 1. The van der Waals surface area contributed by atoms with Crippen molar-refractivity contribution in [3.05, 3.63) is 75.1 Å². The molecule has 0 saturated carbocycles. The highest BCUT2D eigenvalue weighted by atomic mass is 32.1. The Balaban J connectivity index is 1.48. The van der Waals surface area contributed by atoms with Gasteiger partial charge in [-0.1, -0.05) is 0 Å². The number of fused-ring (bicyclic) bond motifs is 1. The van der Waals surface area contributed by atoms with Crippen molar-refractivity contribution in [2.75, 3.05) is 11.4 Å². The topological polar surface area (TPSA) is 62.6 Å². The number of carbonyl (C=O) groups excluding carboxylic acids is 2. The van der Waals surface area contributed by atoms with Crippen molar-refractivity contribution in [1.82, 2.24) is 5.32 Å². The first-order valence-corrected chi connectivity index (χ1v) is 9.36. The lowest BCUT2D eigenvalue weighted by molar-refractivity contribution is 0.0949. The van der Waals surface area contributed by atoms with E-state index >= 15 is 0 Å². The molecule has 0 aliphatic carbocycles. The molecule has 2 aromatic heterocycles. The number of nitrogens with one attached hydrogen (secondary N) is 1. The Hall–Kier alpha value is -2.93. The maximum atomic E-state index is 13.1. The molecule has 0 saturated heterocycles. The molecule has 1 aliphatic rings. The summed E-state index contributed by atoms with van der Waals surface area (Å²) in [6.07, 6.45) is 0.706. The largest absolute Gasteiger partial charge is 0.465 e. The molecule has 0 spiro atoms. The zero-order chi connectivity index (χ0) is 19.0. The van der Waals surface area contributed by atoms with Crippen molar-refractivity contribution >= 4 is 28.8 Å². The third-order valence-corrected chi connectivity index (χ3v) is 5.60. The number of anilines is 1. The van der Waals surface area contributed by atoms with Gasteiger partial charge in [0.15, 0.2) is 0 Å². The number of aryl methyl sites for hydroxylation is 1. The van der Waals surface area contributed by atoms with E-state index in [1.165, 1.54) is 35.6 Å². The number of hydrogen-bond acceptors (Lipinski definition) is 4. The second kappa shape index (κ2) is 7.00. The van der Waals surface area contributed by atoms with Crippen molar-refractivity contribution in [3.63, 3.8) is 0 Å². The minimum Gasteiger partial charge on any atom is -0.465 e. The number of furan rings is 1. The van der Waals surface area contributed by atoms with Crippen LogP contribution in [0.4, 0.5) is 10.1 Å². The molecule has 4 rings (SSSR count). The van der Waals surface area contributed by atoms with Crippen molar-refractivity contribution in [1.29, 1.82) is 0 Å². The van der Waals surface area contributed by atoms with Gasteiger partial charge in [-0.2, -0.15) is 0 Å². The summed E-state index contributed by atoms with van der Waals surface area (Å²) in [5.41, 5.74) is 1.18. The summed E-state index contributed by atoms with van der Waals surface area (Å²) < 4.78 is 18.5.